The highest BCUT2D eigenvalue weighted by Gasteiger charge is 2.41. The van der Waals surface area contributed by atoms with Gasteiger partial charge >= 0.3 is 0 Å². The van der Waals surface area contributed by atoms with Crippen molar-refractivity contribution in [1.82, 2.24) is 0 Å². The van der Waals surface area contributed by atoms with Crippen molar-refractivity contribution in [3.05, 3.63) is 162 Å². The summed E-state index contributed by atoms with van der Waals surface area (Å²) in [6.07, 6.45) is 0. The molecule has 0 radical (unpaired) electrons. The van der Waals surface area contributed by atoms with Gasteiger partial charge in [0, 0.05) is 32.6 Å². The molecule has 0 saturated carbocycles. The van der Waals surface area contributed by atoms with Crippen LogP contribution < -0.4 is 4.90 Å². The maximum absolute atomic E-state index is 7.04. The Kier molecular flexibility index (Phi) is 5.44. The molecule has 0 atom stereocenters. The standard InChI is InChI=1S/C46H35NO/c1-45(2)36-21-10-8-17-34(36)41-37(45)22-13-23-38(41)47(39-24-11-18-31-30-16-7-9-20-35(30)46(3,4)42(31)39)40-25-12-19-32-33-27-26-28-14-5-6-15-29(28)43(33)48-44(32)40/h5-27H,1-4H3. The highest BCUT2D eigenvalue weighted by atomic mass is 16.3. The van der Waals surface area contributed by atoms with Crippen LogP contribution in [0.3, 0.4) is 0 Å². The highest BCUT2D eigenvalue weighted by molar-refractivity contribution is 6.18. The van der Waals surface area contributed by atoms with Crippen LogP contribution in [0.4, 0.5) is 17.1 Å². The lowest BCUT2D eigenvalue weighted by atomic mass is 9.81. The third-order valence-electron chi connectivity index (χ3n) is 11.2. The Morgan fingerprint density at radius 2 is 1.00 bits per heavy atom. The minimum absolute atomic E-state index is 0.119. The van der Waals surface area contributed by atoms with Gasteiger partial charge in [0.2, 0.25) is 0 Å². The molecule has 10 rings (SSSR count). The number of hydrogen-bond donors (Lipinski definition) is 0. The maximum atomic E-state index is 7.04. The predicted octanol–water partition coefficient (Wildman–Crippen LogP) is 12.8. The Bertz CT molecular complexity index is 2630. The Morgan fingerprint density at radius 1 is 0.417 bits per heavy atom. The Morgan fingerprint density at radius 3 is 1.85 bits per heavy atom. The molecule has 0 bridgehead atoms. The van der Waals surface area contributed by atoms with E-state index in [1.807, 2.05) is 0 Å². The predicted molar refractivity (Wildman–Crippen MR) is 201 cm³/mol. The van der Waals surface area contributed by atoms with Crippen molar-refractivity contribution in [1.29, 1.82) is 0 Å². The summed E-state index contributed by atoms with van der Waals surface area (Å²) < 4.78 is 7.04. The molecule has 7 aromatic carbocycles. The normalized spacial score (nSPS) is 15.0. The largest absolute Gasteiger partial charge is 0.453 e. The van der Waals surface area contributed by atoms with Crippen LogP contribution in [0.1, 0.15) is 49.9 Å². The first-order valence-corrected chi connectivity index (χ1v) is 17.0. The molecule has 48 heavy (non-hydrogen) atoms. The summed E-state index contributed by atoms with van der Waals surface area (Å²) in [5.74, 6) is 0. The summed E-state index contributed by atoms with van der Waals surface area (Å²) in [6, 6.07) is 51.2. The fourth-order valence-electron chi connectivity index (χ4n) is 9.00. The van der Waals surface area contributed by atoms with E-state index >= 15 is 0 Å². The molecule has 2 nitrogen and oxygen atoms in total. The summed E-state index contributed by atoms with van der Waals surface area (Å²) >= 11 is 0. The van der Waals surface area contributed by atoms with Crippen LogP contribution in [0.2, 0.25) is 0 Å². The van der Waals surface area contributed by atoms with E-state index in [9.17, 15) is 0 Å². The van der Waals surface area contributed by atoms with Gasteiger partial charge in [-0.2, -0.15) is 0 Å². The Labute approximate surface area is 280 Å². The van der Waals surface area contributed by atoms with Gasteiger partial charge in [-0.1, -0.05) is 143 Å². The van der Waals surface area contributed by atoms with Crippen molar-refractivity contribution in [3.63, 3.8) is 0 Å². The van der Waals surface area contributed by atoms with Gasteiger partial charge in [0.1, 0.15) is 5.58 Å². The molecule has 0 amide bonds. The Hall–Kier alpha value is -5.60. The van der Waals surface area contributed by atoms with E-state index in [-0.39, 0.29) is 10.8 Å². The van der Waals surface area contributed by atoms with Gasteiger partial charge in [0.25, 0.3) is 0 Å². The number of benzene rings is 7. The van der Waals surface area contributed by atoms with E-state index in [4.69, 9.17) is 4.42 Å². The van der Waals surface area contributed by atoms with E-state index in [1.165, 1.54) is 61.3 Å². The van der Waals surface area contributed by atoms with Crippen LogP contribution >= 0.6 is 0 Å². The molecule has 0 fully saturated rings. The van der Waals surface area contributed by atoms with E-state index in [1.54, 1.807) is 0 Å². The third kappa shape index (κ3) is 3.47. The highest BCUT2D eigenvalue weighted by Crippen LogP contribution is 2.58. The lowest BCUT2D eigenvalue weighted by Gasteiger charge is -2.33. The fraction of sp³-hybridized carbons (Fsp3) is 0.130. The van der Waals surface area contributed by atoms with Gasteiger partial charge in [-0.3, -0.25) is 0 Å². The quantitative estimate of drug-likeness (QED) is 0.196. The first-order valence-electron chi connectivity index (χ1n) is 17.0. The van der Waals surface area contributed by atoms with E-state index < -0.39 is 0 Å². The smallest absolute Gasteiger partial charge is 0.159 e. The van der Waals surface area contributed by atoms with Gasteiger partial charge in [-0.05, 0) is 68.6 Å². The third-order valence-corrected chi connectivity index (χ3v) is 11.2. The monoisotopic (exact) mass is 617 g/mol. The van der Waals surface area contributed by atoms with Crippen molar-refractivity contribution in [2.75, 3.05) is 4.90 Å². The number of nitrogens with zero attached hydrogens (tertiary/aromatic N) is 1. The van der Waals surface area contributed by atoms with E-state index in [0.29, 0.717) is 0 Å². The van der Waals surface area contributed by atoms with Crippen molar-refractivity contribution >= 4 is 49.8 Å². The molecule has 2 heteroatoms. The van der Waals surface area contributed by atoms with Gasteiger partial charge in [-0.15, -0.1) is 0 Å². The van der Waals surface area contributed by atoms with Crippen molar-refractivity contribution in [2.24, 2.45) is 0 Å². The number of hydrogen-bond acceptors (Lipinski definition) is 2. The van der Waals surface area contributed by atoms with Crippen molar-refractivity contribution in [3.8, 4) is 22.3 Å². The molecule has 1 aromatic heterocycles. The average molecular weight is 618 g/mol. The summed E-state index contributed by atoms with van der Waals surface area (Å²) in [6.45, 7) is 9.47. The zero-order valence-corrected chi connectivity index (χ0v) is 27.6. The maximum Gasteiger partial charge on any atom is 0.159 e. The number of fused-ring (bicyclic) bond motifs is 11. The molecular weight excluding hydrogens is 583 g/mol. The van der Waals surface area contributed by atoms with Crippen LogP contribution in [0.25, 0.3) is 55.0 Å². The molecule has 0 spiro atoms. The second-order valence-corrected chi connectivity index (χ2v) is 14.5. The average Bonchev–Trinajstić information content (AvgIpc) is 3.70. The first-order chi connectivity index (χ1) is 23.4. The molecule has 0 aliphatic heterocycles. The first kappa shape index (κ1) is 27.5. The second kappa shape index (κ2) is 9.49. The molecule has 0 unspecified atom stereocenters. The summed E-state index contributed by atoms with van der Waals surface area (Å²) in [4.78, 5) is 2.51. The number of furan rings is 1. The Balaban J connectivity index is 1.34. The molecule has 2 aliphatic rings. The zero-order chi connectivity index (χ0) is 32.4. The van der Waals surface area contributed by atoms with Crippen molar-refractivity contribution < 1.29 is 4.42 Å². The van der Waals surface area contributed by atoms with E-state index in [2.05, 4.69) is 172 Å². The summed E-state index contributed by atoms with van der Waals surface area (Å²) in [5.41, 5.74) is 15.6. The van der Waals surface area contributed by atoms with Crippen LogP contribution in [-0.2, 0) is 10.8 Å². The van der Waals surface area contributed by atoms with Crippen LogP contribution in [0, 0.1) is 0 Å². The molecule has 1 heterocycles. The fourth-order valence-corrected chi connectivity index (χ4v) is 9.00. The topological polar surface area (TPSA) is 16.4 Å². The molecule has 0 N–H and O–H groups in total. The van der Waals surface area contributed by atoms with Crippen LogP contribution in [0.5, 0.6) is 0 Å². The van der Waals surface area contributed by atoms with Gasteiger partial charge in [0.15, 0.2) is 5.58 Å². The zero-order valence-electron chi connectivity index (χ0n) is 27.6. The van der Waals surface area contributed by atoms with E-state index in [0.717, 1.165) is 33.0 Å². The molecule has 8 aromatic rings. The summed E-state index contributed by atoms with van der Waals surface area (Å²) in [7, 11) is 0. The van der Waals surface area contributed by atoms with Crippen LogP contribution in [-0.4, -0.2) is 0 Å². The molecule has 0 saturated heterocycles. The molecule has 230 valence electrons. The molecular formula is C46H35NO. The summed E-state index contributed by atoms with van der Waals surface area (Å²) in [5, 5.41) is 4.59. The van der Waals surface area contributed by atoms with Gasteiger partial charge in [-0.25, -0.2) is 0 Å². The number of rotatable bonds is 3. The van der Waals surface area contributed by atoms with Gasteiger partial charge in [0.05, 0.1) is 17.1 Å². The van der Waals surface area contributed by atoms with Gasteiger partial charge < -0.3 is 9.32 Å². The number of para-hydroxylation sites is 1. The lowest BCUT2D eigenvalue weighted by Crippen LogP contribution is -2.21. The van der Waals surface area contributed by atoms with Crippen molar-refractivity contribution in [2.45, 2.75) is 38.5 Å². The lowest BCUT2D eigenvalue weighted by molar-refractivity contribution is 0.658. The number of anilines is 3. The minimum atomic E-state index is -0.201. The molecule has 2 aliphatic carbocycles. The van der Waals surface area contributed by atoms with Crippen LogP contribution in [0.15, 0.2) is 144 Å². The minimum Gasteiger partial charge on any atom is -0.453 e. The SMILES string of the molecule is CC1(C)c2ccccc2-c2c(N(c3cccc4c3C(C)(C)c3ccccc3-4)c3cccc4c3oc3c5ccccc5ccc43)cccc21. The second-order valence-electron chi connectivity index (χ2n) is 14.5.